The zero-order chi connectivity index (χ0) is 19.8. The van der Waals surface area contributed by atoms with E-state index in [2.05, 4.69) is 16.9 Å². The maximum Gasteiger partial charge on any atom is 0.254 e. The van der Waals surface area contributed by atoms with Crippen LogP contribution >= 0.6 is 0 Å². The standard InChI is InChI=1S/C21H27N5O2/c1-3-4-14-9-17(14)21(28)26-8-7-25(11-13(26)2)20(27)15-5-6-16-18(10-15)23-12-24-19(16)22/h5-6,10,12-14,17H,3-4,7-9,11H2,1-2H3,(H2,22,23,24)/t13-,14-,17-/m1/s1. The molecule has 2 aromatic rings. The van der Waals surface area contributed by atoms with E-state index in [9.17, 15) is 9.59 Å². The van der Waals surface area contributed by atoms with E-state index in [-0.39, 0.29) is 23.8 Å². The first-order chi connectivity index (χ1) is 13.5. The maximum absolute atomic E-state index is 13.0. The van der Waals surface area contributed by atoms with Gasteiger partial charge in [-0.3, -0.25) is 9.59 Å². The zero-order valence-electron chi connectivity index (χ0n) is 16.5. The number of amides is 2. The lowest BCUT2D eigenvalue weighted by Gasteiger charge is -2.40. The fourth-order valence-corrected chi connectivity index (χ4v) is 4.32. The number of fused-ring (bicyclic) bond motifs is 1. The van der Waals surface area contributed by atoms with Gasteiger partial charge in [-0.25, -0.2) is 9.97 Å². The van der Waals surface area contributed by atoms with Gasteiger partial charge in [0.2, 0.25) is 5.91 Å². The van der Waals surface area contributed by atoms with Gasteiger partial charge >= 0.3 is 0 Å². The number of rotatable bonds is 4. The molecule has 2 amide bonds. The van der Waals surface area contributed by atoms with Crippen LogP contribution in [0.4, 0.5) is 5.82 Å². The van der Waals surface area contributed by atoms with Gasteiger partial charge in [-0.15, -0.1) is 0 Å². The van der Waals surface area contributed by atoms with Crippen LogP contribution in [0.3, 0.4) is 0 Å². The van der Waals surface area contributed by atoms with E-state index in [1.165, 1.54) is 6.33 Å². The number of piperazine rings is 1. The molecule has 1 saturated heterocycles. The van der Waals surface area contributed by atoms with E-state index in [0.717, 1.165) is 24.6 Å². The quantitative estimate of drug-likeness (QED) is 0.877. The van der Waals surface area contributed by atoms with Crippen molar-refractivity contribution in [2.75, 3.05) is 25.4 Å². The molecule has 1 aromatic carbocycles. The van der Waals surface area contributed by atoms with Crippen molar-refractivity contribution in [3.8, 4) is 0 Å². The highest BCUT2D eigenvalue weighted by Crippen LogP contribution is 2.43. The summed E-state index contributed by atoms with van der Waals surface area (Å²) in [6.45, 7) is 5.91. The van der Waals surface area contributed by atoms with Crippen LogP contribution in [-0.4, -0.2) is 57.3 Å². The summed E-state index contributed by atoms with van der Waals surface area (Å²) in [6, 6.07) is 5.36. The summed E-state index contributed by atoms with van der Waals surface area (Å²) < 4.78 is 0. The Kier molecular flexibility index (Phi) is 4.91. The van der Waals surface area contributed by atoms with Crippen LogP contribution in [-0.2, 0) is 4.79 Å². The van der Waals surface area contributed by atoms with Crippen LogP contribution in [0.5, 0.6) is 0 Å². The van der Waals surface area contributed by atoms with E-state index >= 15 is 0 Å². The SMILES string of the molecule is CCC[C@@H]1C[C@H]1C(=O)N1CCN(C(=O)c2ccc3c(N)ncnc3c2)C[C@H]1C. The Morgan fingerprint density at radius 2 is 2.07 bits per heavy atom. The first-order valence-corrected chi connectivity index (χ1v) is 10.1. The molecular weight excluding hydrogens is 354 g/mol. The third-order valence-electron chi connectivity index (χ3n) is 6.01. The van der Waals surface area contributed by atoms with Crippen molar-refractivity contribution in [1.82, 2.24) is 19.8 Å². The van der Waals surface area contributed by atoms with E-state index in [0.29, 0.717) is 42.5 Å². The number of nitrogens with two attached hydrogens (primary N) is 1. The third-order valence-corrected chi connectivity index (χ3v) is 6.01. The molecule has 2 heterocycles. The predicted molar refractivity (Wildman–Crippen MR) is 108 cm³/mol. The van der Waals surface area contributed by atoms with Crippen molar-refractivity contribution in [1.29, 1.82) is 0 Å². The Labute approximate surface area is 164 Å². The van der Waals surface area contributed by atoms with Crippen LogP contribution in [0.25, 0.3) is 10.9 Å². The third kappa shape index (κ3) is 3.41. The number of benzene rings is 1. The molecule has 1 aliphatic heterocycles. The molecule has 4 rings (SSSR count). The van der Waals surface area contributed by atoms with Gasteiger partial charge in [0, 0.05) is 42.5 Å². The maximum atomic E-state index is 13.0. The Hall–Kier alpha value is -2.70. The molecule has 0 spiro atoms. The molecular formula is C21H27N5O2. The summed E-state index contributed by atoms with van der Waals surface area (Å²) >= 11 is 0. The minimum absolute atomic E-state index is 0.0338. The number of aromatic nitrogens is 2. The fraction of sp³-hybridized carbons (Fsp3) is 0.524. The molecule has 0 unspecified atom stereocenters. The minimum Gasteiger partial charge on any atom is -0.383 e. The number of hydrogen-bond donors (Lipinski definition) is 1. The first-order valence-electron chi connectivity index (χ1n) is 10.1. The van der Waals surface area contributed by atoms with Gasteiger partial charge in [0.25, 0.3) is 5.91 Å². The molecule has 1 saturated carbocycles. The minimum atomic E-state index is -0.0340. The molecule has 1 aliphatic carbocycles. The van der Waals surface area contributed by atoms with E-state index in [1.807, 2.05) is 16.7 Å². The predicted octanol–water partition coefficient (Wildman–Crippen LogP) is 2.32. The van der Waals surface area contributed by atoms with E-state index in [4.69, 9.17) is 5.73 Å². The highest BCUT2D eigenvalue weighted by Gasteiger charge is 2.45. The van der Waals surface area contributed by atoms with Gasteiger partial charge < -0.3 is 15.5 Å². The van der Waals surface area contributed by atoms with Gasteiger partial charge in [-0.1, -0.05) is 13.3 Å². The average molecular weight is 381 g/mol. The molecule has 28 heavy (non-hydrogen) atoms. The number of nitrogen functional groups attached to an aromatic ring is 1. The second kappa shape index (κ2) is 7.37. The lowest BCUT2D eigenvalue weighted by molar-refractivity contribution is -0.137. The van der Waals surface area contributed by atoms with Crippen LogP contribution in [0, 0.1) is 11.8 Å². The second-order valence-corrected chi connectivity index (χ2v) is 8.01. The van der Waals surface area contributed by atoms with Crippen molar-refractivity contribution >= 4 is 28.5 Å². The lowest BCUT2D eigenvalue weighted by Crippen LogP contribution is -2.55. The lowest BCUT2D eigenvalue weighted by atomic mass is 10.1. The second-order valence-electron chi connectivity index (χ2n) is 8.01. The molecule has 2 aliphatic rings. The summed E-state index contributed by atoms with van der Waals surface area (Å²) in [5, 5.41) is 0.744. The summed E-state index contributed by atoms with van der Waals surface area (Å²) in [6.07, 6.45) is 4.70. The van der Waals surface area contributed by atoms with Gasteiger partial charge in [0.1, 0.15) is 12.1 Å². The summed E-state index contributed by atoms with van der Waals surface area (Å²) in [5.41, 5.74) is 7.11. The van der Waals surface area contributed by atoms with E-state index < -0.39 is 0 Å². The summed E-state index contributed by atoms with van der Waals surface area (Å²) in [7, 11) is 0. The van der Waals surface area contributed by atoms with Crippen LogP contribution in [0.2, 0.25) is 0 Å². The van der Waals surface area contributed by atoms with Crippen LogP contribution < -0.4 is 5.73 Å². The average Bonchev–Trinajstić information content (AvgIpc) is 3.46. The van der Waals surface area contributed by atoms with Gasteiger partial charge in [0.15, 0.2) is 0 Å². The molecule has 7 heteroatoms. The molecule has 2 fully saturated rings. The van der Waals surface area contributed by atoms with Crippen molar-refractivity contribution in [2.24, 2.45) is 11.8 Å². The Morgan fingerprint density at radius 1 is 1.25 bits per heavy atom. The van der Waals surface area contributed by atoms with Gasteiger partial charge in [-0.2, -0.15) is 0 Å². The number of carbonyl (C=O) groups is 2. The summed E-state index contributed by atoms with van der Waals surface area (Å²) in [5.74, 6) is 1.42. The molecule has 0 radical (unpaired) electrons. The van der Waals surface area contributed by atoms with Crippen LogP contribution in [0.15, 0.2) is 24.5 Å². The number of nitrogens with zero attached hydrogens (tertiary/aromatic N) is 4. The molecule has 7 nitrogen and oxygen atoms in total. The molecule has 0 bridgehead atoms. The number of hydrogen-bond acceptors (Lipinski definition) is 5. The normalized spacial score (nSPS) is 24.4. The summed E-state index contributed by atoms with van der Waals surface area (Å²) in [4.78, 5) is 37.8. The van der Waals surface area contributed by atoms with Crippen molar-refractivity contribution in [3.05, 3.63) is 30.1 Å². The number of anilines is 1. The monoisotopic (exact) mass is 381 g/mol. The Balaban J connectivity index is 1.43. The Morgan fingerprint density at radius 3 is 2.82 bits per heavy atom. The topological polar surface area (TPSA) is 92.4 Å². The molecule has 148 valence electrons. The van der Waals surface area contributed by atoms with Crippen molar-refractivity contribution in [2.45, 2.75) is 39.2 Å². The largest absolute Gasteiger partial charge is 0.383 e. The molecule has 1 aromatic heterocycles. The number of carbonyl (C=O) groups excluding carboxylic acids is 2. The molecule has 2 N–H and O–H groups in total. The van der Waals surface area contributed by atoms with Crippen molar-refractivity contribution in [3.63, 3.8) is 0 Å². The Bertz CT molecular complexity index is 915. The first kappa shape index (κ1) is 18.7. The smallest absolute Gasteiger partial charge is 0.254 e. The fourth-order valence-electron chi connectivity index (χ4n) is 4.32. The van der Waals surface area contributed by atoms with Crippen molar-refractivity contribution < 1.29 is 9.59 Å². The van der Waals surface area contributed by atoms with E-state index in [1.54, 1.807) is 18.2 Å². The van der Waals surface area contributed by atoms with Gasteiger partial charge in [0.05, 0.1) is 5.52 Å². The molecule has 3 atom stereocenters. The zero-order valence-corrected chi connectivity index (χ0v) is 16.5. The van der Waals surface area contributed by atoms with Crippen LogP contribution in [0.1, 0.15) is 43.5 Å². The highest BCUT2D eigenvalue weighted by atomic mass is 16.2. The van der Waals surface area contributed by atoms with Gasteiger partial charge in [-0.05, 0) is 43.9 Å². The highest BCUT2D eigenvalue weighted by molar-refractivity contribution is 5.99.